The maximum atomic E-state index is 12.1. The Morgan fingerprint density at radius 2 is 1.91 bits per heavy atom. The quantitative estimate of drug-likeness (QED) is 0.506. The highest BCUT2D eigenvalue weighted by molar-refractivity contribution is 6.21. The third-order valence-electron chi connectivity index (χ3n) is 2.97. The van der Waals surface area contributed by atoms with Crippen LogP contribution >= 0.6 is 0 Å². The fraction of sp³-hybridized carbons (Fsp3) is 0.111. The fourth-order valence-electron chi connectivity index (χ4n) is 1.86. The monoisotopic (exact) mass is 295 g/mol. The molecule has 22 heavy (non-hydrogen) atoms. The lowest BCUT2D eigenvalue weighted by Crippen LogP contribution is -2.27. The van der Waals surface area contributed by atoms with Crippen molar-refractivity contribution >= 4 is 23.8 Å². The molecule has 1 N–H and O–H groups in total. The van der Waals surface area contributed by atoms with Gasteiger partial charge in [0.1, 0.15) is 0 Å². The van der Waals surface area contributed by atoms with Gasteiger partial charge in [-0.15, -0.1) is 0 Å². The van der Waals surface area contributed by atoms with Crippen LogP contribution in [0.4, 0.5) is 0 Å². The molecule has 2 rings (SSSR count). The molecule has 0 spiro atoms. The van der Waals surface area contributed by atoms with Crippen LogP contribution in [0.1, 0.15) is 18.1 Å². The number of hydrogen-bond acceptors (Lipinski definition) is 3. The van der Waals surface area contributed by atoms with Crippen molar-refractivity contribution in [3.63, 3.8) is 0 Å². The molecule has 4 heteroatoms. The second-order valence-electron chi connectivity index (χ2n) is 4.69. The second-order valence-corrected chi connectivity index (χ2v) is 4.69. The lowest BCUT2D eigenvalue weighted by Gasteiger charge is -2.04. The summed E-state index contributed by atoms with van der Waals surface area (Å²) < 4.78 is 4.92. The van der Waals surface area contributed by atoms with Gasteiger partial charge in [0.25, 0.3) is 5.91 Å². The van der Waals surface area contributed by atoms with E-state index in [0.717, 1.165) is 5.56 Å². The van der Waals surface area contributed by atoms with Gasteiger partial charge in [0.15, 0.2) is 5.78 Å². The highest BCUT2D eigenvalue weighted by Crippen LogP contribution is 2.08. The zero-order chi connectivity index (χ0) is 15.8. The van der Waals surface area contributed by atoms with Crippen molar-refractivity contribution < 1.29 is 14.0 Å². The van der Waals surface area contributed by atoms with Crippen LogP contribution in [-0.4, -0.2) is 18.2 Å². The fourth-order valence-corrected chi connectivity index (χ4v) is 1.86. The van der Waals surface area contributed by atoms with Crippen LogP contribution in [0.2, 0.25) is 0 Å². The van der Waals surface area contributed by atoms with E-state index in [2.05, 4.69) is 5.32 Å². The highest BCUT2D eigenvalue weighted by atomic mass is 16.3. The van der Waals surface area contributed by atoms with Gasteiger partial charge in [0, 0.05) is 12.1 Å². The number of ketones is 1. The lowest BCUT2D eigenvalue weighted by molar-refractivity contribution is -0.121. The molecule has 1 aromatic heterocycles. The first-order chi connectivity index (χ1) is 10.7. The third-order valence-corrected chi connectivity index (χ3v) is 2.97. The maximum absolute atomic E-state index is 12.1. The molecular weight excluding hydrogens is 278 g/mol. The van der Waals surface area contributed by atoms with E-state index < -0.39 is 5.91 Å². The number of carbonyl (C=O) groups is 2. The van der Waals surface area contributed by atoms with E-state index in [1.165, 1.54) is 25.5 Å². The van der Waals surface area contributed by atoms with Gasteiger partial charge in [0.2, 0.25) is 0 Å². The van der Waals surface area contributed by atoms with Gasteiger partial charge < -0.3 is 9.73 Å². The molecule has 0 fully saturated rings. The average molecular weight is 295 g/mol. The molecule has 4 nitrogen and oxygen atoms in total. The largest absolute Gasteiger partial charge is 0.472 e. The van der Waals surface area contributed by atoms with Crippen LogP contribution in [0.3, 0.4) is 0 Å². The van der Waals surface area contributed by atoms with E-state index in [1.54, 1.807) is 6.07 Å². The second kappa shape index (κ2) is 7.78. The molecule has 0 aliphatic carbocycles. The third kappa shape index (κ3) is 4.59. The Balaban J connectivity index is 1.95. The highest BCUT2D eigenvalue weighted by Gasteiger charge is 2.13. The number of amides is 1. The minimum absolute atomic E-state index is 0.106. The number of rotatable bonds is 6. The smallest absolute Gasteiger partial charge is 0.255 e. The summed E-state index contributed by atoms with van der Waals surface area (Å²) in [5, 5.41) is 2.70. The zero-order valence-corrected chi connectivity index (χ0v) is 12.3. The summed E-state index contributed by atoms with van der Waals surface area (Å²) in [4.78, 5) is 23.6. The van der Waals surface area contributed by atoms with Crippen LogP contribution in [0, 0.1) is 0 Å². The SMILES string of the molecule is CC(=O)/C(=C/c1ccoc1)C(=O)NC/C=C/c1ccccc1. The number of hydrogen-bond donors (Lipinski definition) is 1. The Hall–Kier alpha value is -2.88. The summed E-state index contributed by atoms with van der Waals surface area (Å²) in [6, 6.07) is 11.5. The Kier molecular flexibility index (Phi) is 5.49. The van der Waals surface area contributed by atoms with Gasteiger partial charge in [-0.25, -0.2) is 0 Å². The molecule has 0 saturated carbocycles. The van der Waals surface area contributed by atoms with Crippen LogP contribution in [-0.2, 0) is 9.59 Å². The van der Waals surface area contributed by atoms with Crippen LogP contribution in [0.5, 0.6) is 0 Å². The molecule has 0 aliphatic rings. The van der Waals surface area contributed by atoms with Crippen molar-refractivity contribution in [3.8, 4) is 0 Å². The molecule has 0 atom stereocenters. The normalized spacial score (nSPS) is 11.6. The number of furan rings is 1. The zero-order valence-electron chi connectivity index (χ0n) is 12.3. The molecule has 0 aliphatic heterocycles. The molecule has 112 valence electrons. The van der Waals surface area contributed by atoms with Gasteiger partial charge in [0.05, 0.1) is 18.1 Å². The summed E-state index contributed by atoms with van der Waals surface area (Å²) >= 11 is 0. The topological polar surface area (TPSA) is 59.3 Å². The van der Waals surface area contributed by atoms with E-state index in [-0.39, 0.29) is 11.4 Å². The molecule has 0 bridgehead atoms. The van der Waals surface area contributed by atoms with E-state index in [4.69, 9.17) is 4.42 Å². The number of nitrogens with one attached hydrogen (secondary N) is 1. The predicted octanol–water partition coefficient (Wildman–Crippen LogP) is 3.08. The Morgan fingerprint density at radius 1 is 1.14 bits per heavy atom. The van der Waals surface area contributed by atoms with Gasteiger partial charge in [-0.1, -0.05) is 42.5 Å². The van der Waals surface area contributed by atoms with Crippen molar-refractivity contribution in [2.45, 2.75) is 6.92 Å². The molecular formula is C18H17NO3. The summed E-state index contributed by atoms with van der Waals surface area (Å²) in [5.74, 6) is -0.683. The van der Waals surface area contributed by atoms with Gasteiger partial charge >= 0.3 is 0 Å². The van der Waals surface area contributed by atoms with Crippen molar-refractivity contribution in [2.24, 2.45) is 0 Å². The van der Waals surface area contributed by atoms with Gasteiger partial charge in [-0.2, -0.15) is 0 Å². The predicted molar refractivity (Wildman–Crippen MR) is 85.9 cm³/mol. The van der Waals surface area contributed by atoms with E-state index in [0.29, 0.717) is 12.1 Å². The first-order valence-electron chi connectivity index (χ1n) is 6.91. The summed E-state index contributed by atoms with van der Waals surface area (Å²) in [6.45, 7) is 1.72. The summed E-state index contributed by atoms with van der Waals surface area (Å²) in [7, 11) is 0. The van der Waals surface area contributed by atoms with Crippen molar-refractivity contribution in [1.82, 2.24) is 5.32 Å². The van der Waals surface area contributed by atoms with Crippen LogP contribution < -0.4 is 5.32 Å². The Bertz CT molecular complexity index is 682. The van der Waals surface area contributed by atoms with Crippen LogP contribution in [0.25, 0.3) is 12.2 Å². The van der Waals surface area contributed by atoms with Gasteiger partial charge in [-0.3, -0.25) is 9.59 Å². The first-order valence-corrected chi connectivity index (χ1v) is 6.91. The first kappa shape index (κ1) is 15.5. The molecule has 0 radical (unpaired) electrons. The minimum Gasteiger partial charge on any atom is -0.472 e. The van der Waals surface area contributed by atoms with Crippen molar-refractivity contribution in [1.29, 1.82) is 0 Å². The lowest BCUT2D eigenvalue weighted by atomic mass is 10.1. The molecule has 1 aromatic carbocycles. The number of benzene rings is 1. The standard InChI is InChI=1S/C18H17NO3/c1-14(20)17(12-16-9-11-22-13-16)18(21)19-10-5-8-15-6-3-2-4-7-15/h2-9,11-13H,10H2,1H3,(H,19,21)/b8-5+,17-12-. The average Bonchev–Trinajstić information content (AvgIpc) is 3.03. The Morgan fingerprint density at radius 3 is 2.55 bits per heavy atom. The van der Waals surface area contributed by atoms with E-state index in [1.807, 2.05) is 42.5 Å². The number of carbonyl (C=O) groups excluding carboxylic acids is 2. The molecule has 1 heterocycles. The summed E-state index contributed by atoms with van der Waals surface area (Å²) in [5.41, 5.74) is 1.84. The molecule has 0 saturated heterocycles. The Labute approximate surface area is 129 Å². The summed E-state index contributed by atoms with van der Waals surface area (Å²) in [6.07, 6.45) is 8.23. The van der Waals surface area contributed by atoms with E-state index >= 15 is 0 Å². The van der Waals surface area contributed by atoms with Crippen LogP contribution in [0.15, 0.2) is 65.0 Å². The van der Waals surface area contributed by atoms with Gasteiger partial charge in [-0.05, 0) is 24.6 Å². The van der Waals surface area contributed by atoms with Crippen molar-refractivity contribution in [3.05, 3.63) is 71.7 Å². The van der Waals surface area contributed by atoms with Crippen molar-refractivity contribution in [2.75, 3.05) is 6.54 Å². The van der Waals surface area contributed by atoms with E-state index in [9.17, 15) is 9.59 Å². The molecule has 1 amide bonds. The molecule has 0 unspecified atom stereocenters. The number of Topliss-reactive ketones (excluding diaryl/α,β-unsaturated/α-hetero) is 1. The maximum Gasteiger partial charge on any atom is 0.255 e. The minimum atomic E-state index is -0.397. The molecule has 2 aromatic rings.